The van der Waals surface area contributed by atoms with Gasteiger partial charge in [-0.25, -0.2) is 8.42 Å². The molecule has 2 N–H and O–H groups in total. The normalized spacial score (nSPS) is 16.5. The molecule has 0 radical (unpaired) electrons. The summed E-state index contributed by atoms with van der Waals surface area (Å²) in [5.41, 5.74) is 0.993. The first-order chi connectivity index (χ1) is 12.5. The van der Waals surface area contributed by atoms with Crippen LogP contribution in [0.1, 0.15) is 55.3 Å². The van der Waals surface area contributed by atoms with Gasteiger partial charge in [-0.2, -0.15) is 0 Å². The third-order valence-corrected chi connectivity index (χ3v) is 7.38. The molecule has 1 aromatic heterocycles. The number of amides is 1. The molecule has 0 spiro atoms. The van der Waals surface area contributed by atoms with Gasteiger partial charge in [-0.3, -0.25) is 9.52 Å². The van der Waals surface area contributed by atoms with Crippen molar-refractivity contribution in [3.05, 3.63) is 47.3 Å². The Morgan fingerprint density at radius 3 is 2.23 bits per heavy atom. The van der Waals surface area contributed by atoms with Gasteiger partial charge in [0.25, 0.3) is 15.9 Å². The van der Waals surface area contributed by atoms with Gasteiger partial charge in [-0.05, 0) is 48.6 Å². The first-order valence-electron chi connectivity index (χ1n) is 9.02. The van der Waals surface area contributed by atoms with E-state index in [4.69, 9.17) is 0 Å². The number of thiophene rings is 1. The molecule has 1 heterocycles. The van der Waals surface area contributed by atoms with Crippen molar-refractivity contribution in [1.29, 1.82) is 0 Å². The lowest BCUT2D eigenvalue weighted by atomic mass is 9.96. The summed E-state index contributed by atoms with van der Waals surface area (Å²) < 4.78 is 27.3. The number of hydrogen-bond acceptors (Lipinski definition) is 4. The molecule has 1 aliphatic rings. The number of carbonyl (C=O) groups is 1. The van der Waals surface area contributed by atoms with Crippen LogP contribution in [0.5, 0.6) is 0 Å². The summed E-state index contributed by atoms with van der Waals surface area (Å²) in [6.07, 6.45) is 8.16. The number of rotatable bonds is 5. The first kappa shape index (κ1) is 18.9. The van der Waals surface area contributed by atoms with Crippen molar-refractivity contribution in [1.82, 2.24) is 5.32 Å². The molecule has 0 atom stereocenters. The predicted molar refractivity (Wildman–Crippen MR) is 105 cm³/mol. The molecule has 1 amide bonds. The minimum Gasteiger partial charge on any atom is -0.349 e. The molecular formula is C19H24N2O3S2. The number of anilines is 1. The molecule has 1 saturated carbocycles. The molecule has 7 heteroatoms. The van der Waals surface area contributed by atoms with Crippen LogP contribution in [0.2, 0.25) is 0 Å². The summed E-state index contributed by atoms with van der Waals surface area (Å²) in [6, 6.07) is 10.1. The third kappa shape index (κ3) is 5.08. The topological polar surface area (TPSA) is 75.3 Å². The van der Waals surface area contributed by atoms with Crippen LogP contribution in [-0.4, -0.2) is 20.4 Å². The molecule has 0 saturated heterocycles. The van der Waals surface area contributed by atoms with Crippen LogP contribution in [0, 0.1) is 0 Å². The zero-order valence-corrected chi connectivity index (χ0v) is 16.2. The molecule has 3 rings (SSSR count). The molecule has 2 aromatic rings. The Balaban J connectivity index is 1.60. The molecule has 1 fully saturated rings. The summed E-state index contributed by atoms with van der Waals surface area (Å²) in [5, 5.41) is 4.84. The van der Waals surface area contributed by atoms with Gasteiger partial charge in [0, 0.05) is 17.3 Å². The quantitative estimate of drug-likeness (QED) is 0.792. The highest BCUT2D eigenvalue weighted by atomic mass is 32.2. The van der Waals surface area contributed by atoms with E-state index in [9.17, 15) is 13.2 Å². The lowest BCUT2D eigenvalue weighted by Gasteiger charge is -2.21. The minimum absolute atomic E-state index is 0.0942. The van der Waals surface area contributed by atoms with Gasteiger partial charge in [0.1, 0.15) is 4.21 Å². The van der Waals surface area contributed by atoms with Crippen LogP contribution in [-0.2, 0) is 10.0 Å². The number of nitrogens with one attached hydrogen (secondary N) is 2. The Morgan fingerprint density at radius 1 is 0.962 bits per heavy atom. The van der Waals surface area contributed by atoms with Crippen molar-refractivity contribution in [3.8, 4) is 0 Å². The van der Waals surface area contributed by atoms with Gasteiger partial charge in [0.15, 0.2) is 0 Å². The van der Waals surface area contributed by atoms with Gasteiger partial charge in [0.05, 0.1) is 0 Å². The number of carbonyl (C=O) groups excluding carboxylic acids is 1. The van der Waals surface area contributed by atoms with Crippen molar-refractivity contribution in [2.24, 2.45) is 0 Å². The summed E-state index contributed by atoms with van der Waals surface area (Å²) >= 11 is 1.17. The molecule has 140 valence electrons. The average molecular weight is 393 g/mol. The fourth-order valence-electron chi connectivity index (χ4n) is 3.18. The molecular weight excluding hydrogens is 368 g/mol. The summed E-state index contributed by atoms with van der Waals surface area (Å²) in [7, 11) is -3.57. The van der Waals surface area contributed by atoms with Crippen molar-refractivity contribution < 1.29 is 13.2 Å². The van der Waals surface area contributed by atoms with E-state index in [1.165, 1.54) is 30.6 Å². The van der Waals surface area contributed by atoms with E-state index in [0.29, 0.717) is 11.3 Å². The Morgan fingerprint density at radius 2 is 1.62 bits per heavy atom. The zero-order valence-electron chi connectivity index (χ0n) is 14.6. The monoisotopic (exact) mass is 392 g/mol. The fourth-order valence-corrected chi connectivity index (χ4v) is 5.23. The van der Waals surface area contributed by atoms with Crippen LogP contribution >= 0.6 is 11.3 Å². The molecule has 1 aromatic carbocycles. The van der Waals surface area contributed by atoms with E-state index in [2.05, 4.69) is 10.0 Å². The maximum Gasteiger partial charge on any atom is 0.271 e. The summed E-state index contributed by atoms with van der Waals surface area (Å²) in [6.45, 7) is 0. The summed E-state index contributed by atoms with van der Waals surface area (Å²) in [5.74, 6) is -0.0942. The first-order valence-corrected chi connectivity index (χ1v) is 11.4. The van der Waals surface area contributed by atoms with E-state index >= 15 is 0 Å². The van der Waals surface area contributed by atoms with Crippen molar-refractivity contribution >= 4 is 33.0 Å². The molecule has 0 aliphatic heterocycles. The van der Waals surface area contributed by atoms with Crippen LogP contribution in [0.25, 0.3) is 0 Å². The Bertz CT molecular complexity index is 807. The van der Waals surface area contributed by atoms with Gasteiger partial charge in [-0.1, -0.05) is 38.2 Å². The Labute approximate surface area is 158 Å². The fraction of sp³-hybridized carbons (Fsp3) is 0.421. The zero-order chi connectivity index (χ0) is 18.4. The number of sulfonamides is 1. The van der Waals surface area contributed by atoms with Crippen LogP contribution in [0.15, 0.2) is 46.0 Å². The van der Waals surface area contributed by atoms with Gasteiger partial charge < -0.3 is 5.32 Å². The van der Waals surface area contributed by atoms with Crippen molar-refractivity contribution in [2.45, 2.75) is 55.2 Å². The lowest BCUT2D eigenvalue weighted by Crippen LogP contribution is -2.35. The molecule has 0 unspecified atom stereocenters. The maximum atomic E-state index is 12.4. The highest BCUT2D eigenvalue weighted by Gasteiger charge is 2.17. The third-order valence-electron chi connectivity index (χ3n) is 4.60. The highest BCUT2D eigenvalue weighted by Crippen LogP contribution is 2.21. The minimum atomic E-state index is -3.57. The average Bonchev–Trinajstić information content (AvgIpc) is 3.13. The van der Waals surface area contributed by atoms with Gasteiger partial charge in [0.2, 0.25) is 0 Å². The second-order valence-electron chi connectivity index (χ2n) is 6.63. The lowest BCUT2D eigenvalue weighted by molar-refractivity contribution is 0.0930. The summed E-state index contributed by atoms with van der Waals surface area (Å²) in [4.78, 5) is 12.4. The second-order valence-corrected chi connectivity index (χ2v) is 9.49. The molecule has 0 bridgehead atoms. The van der Waals surface area contributed by atoms with Gasteiger partial charge in [-0.15, -0.1) is 11.3 Å². The molecule has 5 nitrogen and oxygen atoms in total. The van der Waals surface area contributed by atoms with Crippen molar-refractivity contribution in [3.63, 3.8) is 0 Å². The SMILES string of the molecule is O=C(NC1CCCCCCC1)c1ccc(NS(=O)(=O)c2cccs2)cc1. The van der Waals surface area contributed by atoms with E-state index in [-0.39, 0.29) is 16.2 Å². The van der Waals surface area contributed by atoms with E-state index in [1.54, 1.807) is 41.8 Å². The predicted octanol–water partition coefficient (Wildman–Crippen LogP) is 4.39. The van der Waals surface area contributed by atoms with Crippen LogP contribution < -0.4 is 10.0 Å². The van der Waals surface area contributed by atoms with Crippen LogP contribution in [0.4, 0.5) is 5.69 Å². The van der Waals surface area contributed by atoms with E-state index in [1.807, 2.05) is 0 Å². The van der Waals surface area contributed by atoms with E-state index in [0.717, 1.165) is 25.7 Å². The largest absolute Gasteiger partial charge is 0.349 e. The Kier molecular flexibility index (Phi) is 6.32. The Hall–Kier alpha value is -1.86. The highest BCUT2D eigenvalue weighted by molar-refractivity contribution is 7.94. The molecule has 1 aliphatic carbocycles. The number of benzene rings is 1. The number of hydrogen-bond donors (Lipinski definition) is 2. The second kappa shape index (κ2) is 8.68. The standard InChI is InChI=1S/C19H24N2O3S2/c22-19(20-16-7-4-2-1-3-5-8-16)15-10-12-17(13-11-15)21-26(23,24)18-9-6-14-25-18/h6,9-14,16,21H,1-5,7-8H2,(H,20,22). The smallest absolute Gasteiger partial charge is 0.271 e. The van der Waals surface area contributed by atoms with Gasteiger partial charge >= 0.3 is 0 Å². The van der Waals surface area contributed by atoms with Crippen molar-refractivity contribution in [2.75, 3.05) is 4.72 Å². The maximum absolute atomic E-state index is 12.4. The van der Waals surface area contributed by atoms with E-state index < -0.39 is 10.0 Å². The van der Waals surface area contributed by atoms with Crippen LogP contribution in [0.3, 0.4) is 0 Å². The molecule has 26 heavy (non-hydrogen) atoms.